The van der Waals surface area contributed by atoms with Crippen LogP contribution in [0, 0.1) is 10.1 Å². The molecule has 6 aromatic heterocycles. The molecule has 0 amide bonds. The number of hydrogen-bond donors (Lipinski definition) is 0. The molecule has 0 fully saturated rings. The van der Waals surface area contributed by atoms with Gasteiger partial charge in [0, 0.05) is 63.0 Å². The van der Waals surface area contributed by atoms with Crippen LogP contribution in [0.25, 0.3) is 94.0 Å². The van der Waals surface area contributed by atoms with Crippen LogP contribution in [0.2, 0.25) is 0 Å². The van der Waals surface area contributed by atoms with Crippen molar-refractivity contribution < 1.29 is 4.92 Å². The van der Waals surface area contributed by atoms with Crippen LogP contribution < -0.4 is 0 Å². The Balaban J connectivity index is 1.42. The summed E-state index contributed by atoms with van der Waals surface area (Å²) in [4.78, 5) is 26.8. The lowest BCUT2D eigenvalue weighted by Gasteiger charge is -2.23. The minimum atomic E-state index is -0.350. The standard InChI is InChI=1S/C45H27N7O2/c53-52(54)30-12-7-11-28(25-30)29-26-40(49-37-19-4-1-13-31(37)34-16-8-22-46-43(34)49)42(51-39-21-6-3-15-33(39)36-18-10-24-48-45(36)51)41(27-29)50-38-20-5-2-14-32(38)35-17-9-23-47-44(35)50/h1-27H. The zero-order valence-corrected chi connectivity index (χ0v) is 28.5. The Kier molecular flexibility index (Phi) is 6.35. The van der Waals surface area contributed by atoms with Crippen molar-refractivity contribution >= 4 is 71.5 Å². The molecule has 0 unspecified atom stereocenters. The molecule has 0 saturated heterocycles. The summed E-state index contributed by atoms with van der Waals surface area (Å²) in [6.07, 6.45) is 5.47. The minimum absolute atomic E-state index is 0.0170. The number of aromatic nitrogens is 6. The average Bonchev–Trinajstić information content (AvgIpc) is 3.86. The second kappa shape index (κ2) is 11.4. The van der Waals surface area contributed by atoms with E-state index < -0.39 is 0 Å². The van der Waals surface area contributed by atoms with Gasteiger partial charge in [0.1, 0.15) is 16.9 Å². The number of benzene rings is 5. The highest BCUT2D eigenvalue weighted by Crippen LogP contribution is 2.44. The van der Waals surface area contributed by atoms with Gasteiger partial charge >= 0.3 is 0 Å². The van der Waals surface area contributed by atoms with Gasteiger partial charge in [-0.3, -0.25) is 23.8 Å². The van der Waals surface area contributed by atoms with E-state index in [0.717, 1.165) is 88.4 Å². The van der Waals surface area contributed by atoms with Crippen LogP contribution >= 0.6 is 0 Å². The molecule has 0 aliphatic heterocycles. The normalized spacial score (nSPS) is 11.9. The fourth-order valence-electron chi connectivity index (χ4n) is 8.24. The van der Waals surface area contributed by atoms with Crippen molar-refractivity contribution in [1.29, 1.82) is 0 Å². The first-order valence-corrected chi connectivity index (χ1v) is 17.6. The molecule has 11 rings (SSSR count). The van der Waals surface area contributed by atoms with Crippen LogP contribution in [0.4, 0.5) is 5.69 Å². The zero-order valence-electron chi connectivity index (χ0n) is 28.5. The second-order valence-electron chi connectivity index (χ2n) is 13.4. The van der Waals surface area contributed by atoms with Crippen LogP contribution in [0.5, 0.6) is 0 Å². The molecule has 0 aliphatic carbocycles. The topological polar surface area (TPSA) is 96.6 Å². The number of pyridine rings is 3. The largest absolute Gasteiger partial charge is 0.292 e. The Hall–Kier alpha value is -7.65. The average molecular weight is 698 g/mol. The predicted octanol–water partition coefficient (Wildman–Crippen LogP) is 10.7. The van der Waals surface area contributed by atoms with E-state index in [9.17, 15) is 10.1 Å². The molecule has 6 heterocycles. The maximum atomic E-state index is 12.1. The third-order valence-electron chi connectivity index (χ3n) is 10.5. The monoisotopic (exact) mass is 697 g/mol. The van der Waals surface area contributed by atoms with Crippen LogP contribution in [-0.2, 0) is 0 Å². The first-order chi connectivity index (χ1) is 26.7. The Morgan fingerprint density at radius 3 is 1.33 bits per heavy atom. The first-order valence-electron chi connectivity index (χ1n) is 17.6. The van der Waals surface area contributed by atoms with Crippen molar-refractivity contribution in [3.8, 4) is 28.2 Å². The molecule has 0 bridgehead atoms. The highest BCUT2D eigenvalue weighted by Gasteiger charge is 2.27. The summed E-state index contributed by atoms with van der Waals surface area (Å²) in [7, 11) is 0. The fraction of sp³-hybridized carbons (Fsp3) is 0. The van der Waals surface area contributed by atoms with E-state index in [-0.39, 0.29) is 10.6 Å². The van der Waals surface area contributed by atoms with E-state index in [1.807, 2.05) is 67.1 Å². The van der Waals surface area contributed by atoms with Crippen molar-refractivity contribution in [3.05, 3.63) is 174 Å². The molecule has 11 aromatic rings. The molecule has 0 aliphatic rings. The van der Waals surface area contributed by atoms with E-state index in [1.54, 1.807) is 12.1 Å². The van der Waals surface area contributed by atoms with Crippen molar-refractivity contribution in [3.63, 3.8) is 0 Å². The van der Waals surface area contributed by atoms with Gasteiger partial charge in [-0.05, 0) is 77.9 Å². The van der Waals surface area contributed by atoms with Crippen LogP contribution in [0.15, 0.2) is 164 Å². The van der Waals surface area contributed by atoms with Crippen LogP contribution in [0.1, 0.15) is 0 Å². The number of rotatable bonds is 5. The maximum Gasteiger partial charge on any atom is 0.270 e. The number of para-hydroxylation sites is 3. The molecule has 0 radical (unpaired) electrons. The molecule has 254 valence electrons. The molecule has 9 nitrogen and oxygen atoms in total. The third kappa shape index (κ3) is 4.23. The van der Waals surface area contributed by atoms with Gasteiger partial charge < -0.3 is 0 Å². The summed E-state index contributed by atoms with van der Waals surface area (Å²) in [5.41, 5.74) is 9.35. The molecule has 5 aromatic carbocycles. The summed E-state index contributed by atoms with van der Waals surface area (Å²) < 4.78 is 6.68. The van der Waals surface area contributed by atoms with Crippen molar-refractivity contribution in [2.75, 3.05) is 0 Å². The zero-order chi connectivity index (χ0) is 35.9. The van der Waals surface area contributed by atoms with Crippen molar-refractivity contribution in [2.24, 2.45) is 0 Å². The van der Waals surface area contributed by atoms with Gasteiger partial charge in [-0.25, -0.2) is 15.0 Å². The summed E-state index contributed by atoms with van der Waals surface area (Å²) in [6.45, 7) is 0. The summed E-state index contributed by atoms with van der Waals surface area (Å²) >= 11 is 0. The summed E-state index contributed by atoms with van der Waals surface area (Å²) in [6, 6.07) is 48.3. The number of nitrogens with zero attached hydrogens (tertiary/aromatic N) is 7. The van der Waals surface area contributed by atoms with Gasteiger partial charge in [-0.15, -0.1) is 0 Å². The van der Waals surface area contributed by atoms with Crippen molar-refractivity contribution in [2.45, 2.75) is 0 Å². The highest BCUT2D eigenvalue weighted by atomic mass is 16.6. The Labute approximate surface area is 306 Å². The van der Waals surface area contributed by atoms with Crippen molar-refractivity contribution in [1.82, 2.24) is 28.7 Å². The minimum Gasteiger partial charge on any atom is -0.292 e. The first kappa shape index (κ1) is 30.0. The van der Waals surface area contributed by atoms with E-state index in [0.29, 0.717) is 5.56 Å². The Morgan fingerprint density at radius 2 is 0.852 bits per heavy atom. The quantitative estimate of drug-likeness (QED) is 0.132. The van der Waals surface area contributed by atoms with Gasteiger partial charge in [0.2, 0.25) is 0 Å². The number of non-ortho nitro benzene ring substituents is 1. The Morgan fingerprint density at radius 1 is 0.426 bits per heavy atom. The lowest BCUT2D eigenvalue weighted by atomic mass is 10.0. The lowest BCUT2D eigenvalue weighted by Crippen LogP contribution is -2.11. The van der Waals surface area contributed by atoms with Gasteiger partial charge in [-0.2, -0.15) is 0 Å². The SMILES string of the molecule is O=[N+]([O-])c1cccc(-c2cc(-n3c4ccccc4c4cccnc43)c(-n3c4ccccc4c4cccnc43)c(-n3c4ccccc4c4cccnc43)c2)c1. The van der Waals surface area contributed by atoms with Crippen LogP contribution in [-0.4, -0.2) is 33.6 Å². The molecule has 9 heteroatoms. The number of hydrogen-bond acceptors (Lipinski definition) is 5. The van der Waals surface area contributed by atoms with Crippen LogP contribution in [0.3, 0.4) is 0 Å². The summed E-state index contributed by atoms with van der Waals surface area (Å²) in [5.74, 6) is 0. The summed E-state index contributed by atoms with van der Waals surface area (Å²) in [5, 5.41) is 18.4. The van der Waals surface area contributed by atoms with Gasteiger partial charge in [0.15, 0.2) is 0 Å². The molecular weight excluding hydrogens is 671 g/mol. The van der Waals surface area contributed by atoms with Gasteiger partial charge in [0.05, 0.1) is 38.5 Å². The lowest BCUT2D eigenvalue weighted by molar-refractivity contribution is -0.384. The number of nitro benzene ring substituents is 1. The highest BCUT2D eigenvalue weighted by molar-refractivity contribution is 6.12. The number of fused-ring (bicyclic) bond motifs is 9. The third-order valence-corrected chi connectivity index (χ3v) is 10.5. The molecule has 0 spiro atoms. The maximum absolute atomic E-state index is 12.1. The van der Waals surface area contributed by atoms with E-state index >= 15 is 0 Å². The van der Waals surface area contributed by atoms with E-state index in [2.05, 4.69) is 92.6 Å². The van der Waals surface area contributed by atoms with Gasteiger partial charge in [-0.1, -0.05) is 66.7 Å². The molecule has 0 N–H and O–H groups in total. The Bertz CT molecular complexity index is 3040. The van der Waals surface area contributed by atoms with Gasteiger partial charge in [0.25, 0.3) is 5.69 Å². The second-order valence-corrected chi connectivity index (χ2v) is 13.4. The van der Waals surface area contributed by atoms with E-state index in [1.165, 1.54) is 6.07 Å². The van der Waals surface area contributed by atoms with E-state index in [4.69, 9.17) is 15.0 Å². The number of nitro groups is 1. The smallest absolute Gasteiger partial charge is 0.270 e. The molecule has 0 atom stereocenters. The fourth-order valence-corrected chi connectivity index (χ4v) is 8.24. The predicted molar refractivity (Wildman–Crippen MR) is 215 cm³/mol. The molecule has 54 heavy (non-hydrogen) atoms. The molecular formula is C45H27N7O2. The molecule has 0 saturated carbocycles.